The van der Waals surface area contributed by atoms with Gasteiger partial charge >= 0.3 is 0 Å². The SMILES string of the molecule is Cc1cccc(Cn2c3ccccc3c3nnc(SCCCC(=O)N4CCCC4)nc32)c1. The molecule has 1 saturated heterocycles. The second-order valence-electron chi connectivity index (χ2n) is 8.40. The Bertz CT molecular complexity index is 1260. The maximum atomic E-state index is 12.2. The van der Waals surface area contributed by atoms with Crippen LogP contribution in [-0.2, 0) is 11.3 Å². The number of aryl methyl sites for hydroxylation is 1. The Morgan fingerprint density at radius 1 is 1.06 bits per heavy atom. The van der Waals surface area contributed by atoms with E-state index in [1.54, 1.807) is 11.8 Å². The van der Waals surface area contributed by atoms with E-state index in [-0.39, 0.29) is 5.91 Å². The number of benzene rings is 2. The number of fused-ring (bicyclic) bond motifs is 3. The van der Waals surface area contributed by atoms with Crippen LogP contribution in [0.3, 0.4) is 0 Å². The first-order valence-electron chi connectivity index (χ1n) is 11.3. The van der Waals surface area contributed by atoms with Gasteiger partial charge in [-0.25, -0.2) is 4.98 Å². The van der Waals surface area contributed by atoms with Crippen LogP contribution in [-0.4, -0.2) is 49.4 Å². The summed E-state index contributed by atoms with van der Waals surface area (Å²) in [5.41, 5.74) is 5.29. The van der Waals surface area contributed by atoms with Gasteiger partial charge in [0.05, 0.1) is 5.52 Å². The number of rotatable bonds is 7. The number of thioether (sulfide) groups is 1. The molecule has 32 heavy (non-hydrogen) atoms. The molecule has 0 atom stereocenters. The van der Waals surface area contributed by atoms with E-state index in [0.29, 0.717) is 11.6 Å². The molecule has 0 spiro atoms. The normalized spacial score (nSPS) is 14.0. The first-order chi connectivity index (χ1) is 15.7. The van der Waals surface area contributed by atoms with E-state index >= 15 is 0 Å². The minimum atomic E-state index is 0.274. The van der Waals surface area contributed by atoms with E-state index in [9.17, 15) is 4.79 Å². The summed E-state index contributed by atoms with van der Waals surface area (Å²) in [5, 5.41) is 10.7. The molecule has 0 saturated carbocycles. The van der Waals surface area contributed by atoms with Crippen molar-refractivity contribution in [2.75, 3.05) is 18.8 Å². The van der Waals surface area contributed by atoms with Crippen LogP contribution in [0, 0.1) is 6.92 Å². The number of carbonyl (C=O) groups excluding carboxylic acids is 1. The molecule has 4 aromatic rings. The summed E-state index contributed by atoms with van der Waals surface area (Å²) in [4.78, 5) is 19.1. The molecule has 2 aromatic carbocycles. The molecule has 1 fully saturated rings. The summed E-state index contributed by atoms with van der Waals surface area (Å²) < 4.78 is 2.23. The summed E-state index contributed by atoms with van der Waals surface area (Å²) in [7, 11) is 0. The lowest BCUT2D eigenvalue weighted by molar-refractivity contribution is -0.130. The molecule has 0 aliphatic carbocycles. The number of para-hydroxylation sites is 1. The Kier molecular flexibility index (Phi) is 6.08. The number of carbonyl (C=O) groups is 1. The van der Waals surface area contributed by atoms with Crippen molar-refractivity contribution >= 4 is 39.7 Å². The molecule has 1 amide bonds. The molecule has 2 aromatic heterocycles. The molecule has 6 nitrogen and oxygen atoms in total. The molecule has 3 heterocycles. The van der Waals surface area contributed by atoms with E-state index in [1.165, 1.54) is 11.1 Å². The Morgan fingerprint density at radius 3 is 2.75 bits per heavy atom. The Hall–Kier alpha value is -2.93. The summed E-state index contributed by atoms with van der Waals surface area (Å²) in [6, 6.07) is 16.8. The van der Waals surface area contributed by atoms with E-state index in [4.69, 9.17) is 4.98 Å². The van der Waals surface area contributed by atoms with Gasteiger partial charge in [-0.05, 0) is 37.8 Å². The van der Waals surface area contributed by atoms with Crippen LogP contribution in [0.4, 0.5) is 0 Å². The molecular formula is C25H27N5OS. The van der Waals surface area contributed by atoms with Crippen molar-refractivity contribution in [3.8, 4) is 0 Å². The van der Waals surface area contributed by atoms with Gasteiger partial charge in [-0.1, -0.05) is 59.8 Å². The maximum Gasteiger partial charge on any atom is 0.222 e. The fourth-order valence-corrected chi connectivity index (χ4v) is 5.14. The average Bonchev–Trinajstić information content (AvgIpc) is 3.44. The second kappa shape index (κ2) is 9.28. The molecule has 0 N–H and O–H groups in total. The van der Waals surface area contributed by atoms with Gasteiger partial charge in [-0.15, -0.1) is 10.2 Å². The van der Waals surface area contributed by atoms with Crippen LogP contribution in [0.2, 0.25) is 0 Å². The number of likely N-dealkylation sites (tertiary alicyclic amines) is 1. The van der Waals surface area contributed by atoms with Crippen LogP contribution in [0.1, 0.15) is 36.8 Å². The third kappa shape index (κ3) is 4.35. The second-order valence-corrected chi connectivity index (χ2v) is 9.46. The van der Waals surface area contributed by atoms with Crippen LogP contribution in [0.5, 0.6) is 0 Å². The average molecular weight is 446 g/mol. The number of aromatic nitrogens is 4. The van der Waals surface area contributed by atoms with Crippen molar-refractivity contribution in [3.05, 3.63) is 59.7 Å². The Balaban J connectivity index is 1.36. The van der Waals surface area contributed by atoms with Gasteiger partial charge in [0.2, 0.25) is 11.1 Å². The first kappa shape index (κ1) is 20.9. The highest BCUT2D eigenvalue weighted by molar-refractivity contribution is 7.99. The highest BCUT2D eigenvalue weighted by Gasteiger charge is 2.18. The van der Waals surface area contributed by atoms with Crippen molar-refractivity contribution in [3.63, 3.8) is 0 Å². The molecule has 5 rings (SSSR count). The largest absolute Gasteiger partial charge is 0.343 e. The molecule has 1 aliphatic rings. The third-order valence-corrected chi connectivity index (χ3v) is 6.93. The maximum absolute atomic E-state index is 12.2. The van der Waals surface area contributed by atoms with Gasteiger partial charge in [-0.3, -0.25) is 4.79 Å². The number of amides is 1. The van der Waals surface area contributed by atoms with Crippen molar-refractivity contribution in [2.24, 2.45) is 0 Å². The van der Waals surface area contributed by atoms with Crippen LogP contribution < -0.4 is 0 Å². The predicted octanol–water partition coefficient (Wildman–Crippen LogP) is 4.83. The lowest BCUT2D eigenvalue weighted by atomic mass is 10.1. The zero-order valence-electron chi connectivity index (χ0n) is 18.3. The van der Waals surface area contributed by atoms with Crippen LogP contribution in [0.25, 0.3) is 22.1 Å². The van der Waals surface area contributed by atoms with Gasteiger partial charge in [0, 0.05) is 37.2 Å². The molecule has 7 heteroatoms. The predicted molar refractivity (Wildman–Crippen MR) is 129 cm³/mol. The standard InChI is InChI=1S/C25H27N5OS/c1-18-8-6-9-19(16-18)17-30-21-11-3-2-10-20(21)23-24(30)26-25(28-27-23)32-15-7-12-22(31)29-13-4-5-14-29/h2-3,6,8-11,16H,4-5,7,12-15,17H2,1H3. The van der Waals surface area contributed by atoms with Crippen molar-refractivity contribution in [2.45, 2.75) is 44.3 Å². The van der Waals surface area contributed by atoms with Gasteiger partial charge in [0.1, 0.15) is 5.52 Å². The van der Waals surface area contributed by atoms with Crippen LogP contribution >= 0.6 is 11.8 Å². The van der Waals surface area contributed by atoms with Crippen molar-refractivity contribution in [1.82, 2.24) is 24.6 Å². The summed E-state index contributed by atoms with van der Waals surface area (Å²) >= 11 is 1.58. The topological polar surface area (TPSA) is 63.9 Å². The Morgan fingerprint density at radius 2 is 1.91 bits per heavy atom. The minimum absolute atomic E-state index is 0.274. The van der Waals surface area contributed by atoms with E-state index in [1.807, 2.05) is 11.0 Å². The van der Waals surface area contributed by atoms with Gasteiger partial charge < -0.3 is 9.47 Å². The monoisotopic (exact) mass is 445 g/mol. The first-order valence-corrected chi connectivity index (χ1v) is 12.3. The molecule has 0 bridgehead atoms. The molecule has 0 radical (unpaired) electrons. The fraction of sp³-hybridized carbons (Fsp3) is 0.360. The Labute approximate surface area is 192 Å². The molecular weight excluding hydrogens is 418 g/mol. The fourth-order valence-electron chi connectivity index (χ4n) is 4.42. The highest BCUT2D eigenvalue weighted by atomic mass is 32.2. The van der Waals surface area contributed by atoms with Crippen LogP contribution in [0.15, 0.2) is 53.7 Å². The van der Waals surface area contributed by atoms with Gasteiger partial charge in [0.15, 0.2) is 5.65 Å². The van der Waals surface area contributed by atoms with E-state index in [2.05, 4.69) is 64.2 Å². The van der Waals surface area contributed by atoms with E-state index in [0.717, 1.165) is 66.7 Å². The minimum Gasteiger partial charge on any atom is -0.343 e. The zero-order valence-corrected chi connectivity index (χ0v) is 19.1. The van der Waals surface area contributed by atoms with Gasteiger partial charge in [0.25, 0.3) is 0 Å². The number of hydrogen-bond donors (Lipinski definition) is 0. The molecule has 1 aliphatic heterocycles. The van der Waals surface area contributed by atoms with Crippen molar-refractivity contribution in [1.29, 1.82) is 0 Å². The summed E-state index contributed by atoms with van der Waals surface area (Å²) in [6.45, 7) is 4.68. The summed E-state index contributed by atoms with van der Waals surface area (Å²) in [5.74, 6) is 1.08. The van der Waals surface area contributed by atoms with Gasteiger partial charge in [-0.2, -0.15) is 0 Å². The van der Waals surface area contributed by atoms with Crippen molar-refractivity contribution < 1.29 is 4.79 Å². The zero-order chi connectivity index (χ0) is 21.9. The highest BCUT2D eigenvalue weighted by Crippen LogP contribution is 2.28. The smallest absolute Gasteiger partial charge is 0.222 e. The third-order valence-electron chi connectivity index (χ3n) is 6.00. The molecule has 164 valence electrons. The van der Waals surface area contributed by atoms with E-state index < -0.39 is 0 Å². The number of nitrogens with zero attached hydrogens (tertiary/aromatic N) is 5. The number of hydrogen-bond acceptors (Lipinski definition) is 5. The summed E-state index contributed by atoms with van der Waals surface area (Å²) in [6.07, 6.45) is 3.69. The lowest BCUT2D eigenvalue weighted by Crippen LogP contribution is -2.27. The lowest BCUT2D eigenvalue weighted by Gasteiger charge is -2.14. The molecule has 0 unspecified atom stereocenters. The quantitative estimate of drug-likeness (QED) is 0.301.